The Balaban J connectivity index is 1.47. The highest BCUT2D eigenvalue weighted by Gasteiger charge is 2.37. The van der Waals surface area contributed by atoms with Crippen LogP contribution in [0, 0.1) is 5.82 Å². The van der Waals surface area contributed by atoms with Crippen molar-refractivity contribution in [1.29, 1.82) is 0 Å². The summed E-state index contributed by atoms with van der Waals surface area (Å²) in [5, 5.41) is 0. The number of aromatic nitrogens is 1. The number of fused-ring (bicyclic) bond motifs is 3. The first-order valence-corrected chi connectivity index (χ1v) is 15.1. The van der Waals surface area contributed by atoms with Crippen LogP contribution in [0.1, 0.15) is 102 Å². The van der Waals surface area contributed by atoms with Gasteiger partial charge in [-0.25, -0.2) is 4.39 Å². The van der Waals surface area contributed by atoms with E-state index in [9.17, 15) is 14.0 Å². The molecule has 1 atom stereocenters. The number of anilines is 1. The van der Waals surface area contributed by atoms with Crippen LogP contribution in [0.2, 0.25) is 0 Å². The quantitative estimate of drug-likeness (QED) is 0.192. The lowest BCUT2D eigenvalue weighted by Crippen LogP contribution is -2.48. The Labute approximate surface area is 239 Å². The molecule has 1 aromatic heterocycles. The molecule has 0 N–H and O–H groups in total. The second-order valence-corrected chi connectivity index (χ2v) is 11.2. The molecular weight excluding hydrogens is 501 g/mol. The van der Waals surface area contributed by atoms with Gasteiger partial charge in [0.05, 0.1) is 17.1 Å². The van der Waals surface area contributed by atoms with Crippen LogP contribution in [0.4, 0.5) is 10.1 Å². The largest absolute Gasteiger partial charge is 0.331 e. The van der Waals surface area contributed by atoms with Gasteiger partial charge >= 0.3 is 0 Å². The van der Waals surface area contributed by atoms with E-state index in [0.717, 1.165) is 41.9 Å². The molecule has 0 bridgehead atoms. The first kappa shape index (κ1) is 29.6. The number of amides is 2. The molecule has 4 rings (SSSR count). The average molecular weight is 546 g/mol. The Morgan fingerprint density at radius 2 is 1.45 bits per heavy atom. The van der Waals surface area contributed by atoms with Crippen LogP contribution in [-0.2, 0) is 9.59 Å². The van der Waals surface area contributed by atoms with E-state index < -0.39 is 6.04 Å². The zero-order valence-corrected chi connectivity index (χ0v) is 24.3. The molecule has 2 heterocycles. The number of nitrogens with zero attached hydrogens (tertiary/aromatic N) is 3. The summed E-state index contributed by atoms with van der Waals surface area (Å²) >= 11 is 0. The predicted molar refractivity (Wildman–Crippen MR) is 160 cm³/mol. The fraction of sp³-hybridized carbons (Fsp3) is 0.471. The van der Waals surface area contributed by atoms with Gasteiger partial charge < -0.3 is 9.47 Å². The molecule has 0 saturated carbocycles. The number of benzene rings is 2. The highest BCUT2D eigenvalue weighted by molar-refractivity contribution is 6.00. The summed E-state index contributed by atoms with van der Waals surface area (Å²) < 4.78 is 15.9. The Kier molecular flexibility index (Phi) is 10.6. The molecule has 0 spiro atoms. The molecule has 0 saturated heterocycles. The van der Waals surface area contributed by atoms with Crippen LogP contribution in [0.3, 0.4) is 0 Å². The fourth-order valence-corrected chi connectivity index (χ4v) is 5.73. The second kappa shape index (κ2) is 14.3. The minimum atomic E-state index is -0.431. The van der Waals surface area contributed by atoms with Crippen molar-refractivity contribution in [3.8, 4) is 5.69 Å². The lowest BCUT2D eigenvalue weighted by molar-refractivity contribution is -0.137. The zero-order chi connectivity index (χ0) is 28.5. The lowest BCUT2D eigenvalue weighted by Gasteiger charge is -2.40. The Hall–Kier alpha value is -3.41. The third-order valence-corrected chi connectivity index (χ3v) is 7.92. The zero-order valence-electron chi connectivity index (χ0n) is 24.3. The van der Waals surface area contributed by atoms with Crippen molar-refractivity contribution in [2.75, 3.05) is 11.4 Å². The van der Waals surface area contributed by atoms with Gasteiger partial charge in [0.15, 0.2) is 0 Å². The summed E-state index contributed by atoms with van der Waals surface area (Å²) in [5.74, 6) is -0.442. The highest BCUT2D eigenvalue weighted by Crippen LogP contribution is 2.42. The van der Waals surface area contributed by atoms with Crippen molar-refractivity contribution in [3.05, 3.63) is 83.9 Å². The number of hydrogen-bond donors (Lipinski definition) is 0. The average Bonchev–Trinajstić information content (AvgIpc) is 3.44. The third-order valence-electron chi connectivity index (χ3n) is 7.92. The predicted octanol–water partition coefficient (Wildman–Crippen LogP) is 8.21. The minimum Gasteiger partial charge on any atom is -0.331 e. The van der Waals surface area contributed by atoms with Gasteiger partial charge in [-0.3, -0.25) is 14.5 Å². The van der Waals surface area contributed by atoms with Crippen LogP contribution in [0.15, 0.2) is 66.9 Å². The molecule has 6 heteroatoms. The summed E-state index contributed by atoms with van der Waals surface area (Å²) in [6.07, 6.45) is 13.2. The second-order valence-electron chi connectivity index (χ2n) is 11.2. The molecule has 0 aliphatic carbocycles. The van der Waals surface area contributed by atoms with E-state index in [-0.39, 0.29) is 30.2 Å². The summed E-state index contributed by atoms with van der Waals surface area (Å²) in [5.41, 5.74) is 3.43. The first-order chi connectivity index (χ1) is 19.4. The van der Waals surface area contributed by atoms with Crippen LogP contribution in [0.25, 0.3) is 5.69 Å². The molecule has 1 aliphatic heterocycles. The fourth-order valence-electron chi connectivity index (χ4n) is 5.73. The van der Waals surface area contributed by atoms with Crippen molar-refractivity contribution in [3.63, 3.8) is 0 Å². The number of carbonyl (C=O) groups is 2. The van der Waals surface area contributed by atoms with Crippen LogP contribution in [0.5, 0.6) is 0 Å². The number of rotatable bonds is 14. The van der Waals surface area contributed by atoms with Crippen molar-refractivity contribution >= 4 is 17.5 Å². The molecule has 1 unspecified atom stereocenters. The van der Waals surface area contributed by atoms with Crippen molar-refractivity contribution in [1.82, 2.24) is 9.47 Å². The Bertz CT molecular complexity index is 1250. The van der Waals surface area contributed by atoms with Gasteiger partial charge in [0.25, 0.3) is 0 Å². The van der Waals surface area contributed by atoms with E-state index >= 15 is 0 Å². The normalized spacial score (nSPS) is 14.2. The summed E-state index contributed by atoms with van der Waals surface area (Å²) in [6.45, 7) is 6.17. The number of unbranched alkanes of at least 4 members (excludes halogenated alkanes) is 8. The van der Waals surface area contributed by atoms with Gasteiger partial charge in [0.1, 0.15) is 18.4 Å². The number of halogens is 1. The van der Waals surface area contributed by atoms with Crippen LogP contribution >= 0.6 is 0 Å². The minimum absolute atomic E-state index is 0.000661. The van der Waals surface area contributed by atoms with Gasteiger partial charge in [-0.15, -0.1) is 0 Å². The maximum absolute atomic E-state index is 14.1. The Morgan fingerprint density at radius 1 is 0.825 bits per heavy atom. The molecule has 2 amide bonds. The van der Waals surface area contributed by atoms with Gasteiger partial charge in [0, 0.05) is 18.7 Å². The Morgan fingerprint density at radius 3 is 2.10 bits per heavy atom. The van der Waals surface area contributed by atoms with Crippen molar-refractivity contribution in [2.24, 2.45) is 0 Å². The number of carbonyl (C=O) groups excluding carboxylic acids is 2. The molecule has 3 aromatic rings. The highest BCUT2D eigenvalue weighted by atomic mass is 19.1. The molecule has 0 fully saturated rings. The maximum atomic E-state index is 14.1. The first-order valence-electron chi connectivity index (χ1n) is 15.1. The molecule has 1 aliphatic rings. The van der Waals surface area contributed by atoms with Gasteiger partial charge in [-0.1, -0.05) is 82.6 Å². The molecule has 0 radical (unpaired) electrons. The van der Waals surface area contributed by atoms with Gasteiger partial charge in [-0.05, 0) is 62.2 Å². The number of hydrogen-bond acceptors (Lipinski definition) is 2. The summed E-state index contributed by atoms with van der Waals surface area (Å²) in [4.78, 5) is 30.9. The van der Waals surface area contributed by atoms with E-state index in [1.54, 1.807) is 21.9 Å². The SMILES string of the molecule is CCCCCCCCCCCC(=O)N(CC(=O)N1c2ccccc2-n2cccc2C1c1ccc(F)cc1)C(C)C. The van der Waals surface area contributed by atoms with Crippen molar-refractivity contribution in [2.45, 2.75) is 97.1 Å². The topological polar surface area (TPSA) is 45.6 Å². The number of para-hydroxylation sites is 2. The van der Waals surface area contributed by atoms with E-state index in [4.69, 9.17) is 0 Å². The van der Waals surface area contributed by atoms with Crippen LogP contribution in [-0.4, -0.2) is 33.9 Å². The molecule has 214 valence electrons. The molecule has 40 heavy (non-hydrogen) atoms. The van der Waals surface area contributed by atoms with E-state index in [2.05, 4.69) is 11.5 Å². The van der Waals surface area contributed by atoms with Crippen molar-refractivity contribution < 1.29 is 14.0 Å². The van der Waals surface area contributed by atoms with Gasteiger partial charge in [0.2, 0.25) is 11.8 Å². The van der Waals surface area contributed by atoms with E-state index in [0.29, 0.717) is 6.42 Å². The van der Waals surface area contributed by atoms with E-state index in [1.165, 1.54) is 50.7 Å². The smallest absolute Gasteiger partial charge is 0.247 e. The van der Waals surface area contributed by atoms with Gasteiger partial charge in [-0.2, -0.15) is 0 Å². The maximum Gasteiger partial charge on any atom is 0.247 e. The lowest BCUT2D eigenvalue weighted by atomic mass is 9.97. The summed E-state index contributed by atoms with van der Waals surface area (Å²) in [7, 11) is 0. The molecule has 5 nitrogen and oxygen atoms in total. The summed E-state index contributed by atoms with van der Waals surface area (Å²) in [6, 6.07) is 17.6. The molecule has 2 aromatic carbocycles. The van der Waals surface area contributed by atoms with E-state index in [1.807, 2.05) is 56.4 Å². The van der Waals surface area contributed by atoms with Crippen LogP contribution < -0.4 is 4.90 Å². The molecular formula is C34H44FN3O2. The standard InChI is InChI=1S/C34H44FN3O2/c1-4-5-6-7-8-9-10-11-12-19-32(39)37(26(2)3)25-33(40)38-30-17-14-13-16-29(30)36-24-15-18-31(36)34(38)27-20-22-28(35)23-21-27/h13-18,20-24,26,34H,4-12,19,25H2,1-3H3. The monoisotopic (exact) mass is 545 g/mol. The third kappa shape index (κ3) is 7.01.